The minimum Gasteiger partial charge on any atom is -0.378 e. The summed E-state index contributed by atoms with van der Waals surface area (Å²) in [7, 11) is 0. The second-order valence-corrected chi connectivity index (χ2v) is 11.0. The number of primary amides is 1. The molecule has 196 valence electrons. The first-order valence-electron chi connectivity index (χ1n) is 12.5. The third-order valence-corrected chi connectivity index (χ3v) is 8.35. The molecular formula is C25H33N9O2S. The summed E-state index contributed by atoms with van der Waals surface area (Å²) < 4.78 is 8.09. The van der Waals surface area contributed by atoms with Gasteiger partial charge < -0.3 is 15.4 Å². The molecule has 3 aromatic rings. The van der Waals surface area contributed by atoms with Crippen LogP contribution < -0.4 is 16.1 Å². The number of anilines is 1. The second kappa shape index (κ2) is 10.3. The van der Waals surface area contributed by atoms with Crippen LogP contribution in [0.2, 0.25) is 0 Å². The Balaban J connectivity index is 1.46. The topological polar surface area (TPSA) is 140 Å². The van der Waals surface area contributed by atoms with Gasteiger partial charge in [-0.1, -0.05) is 6.07 Å². The molecule has 0 atom stereocenters. The highest BCUT2D eigenvalue weighted by Crippen LogP contribution is 2.35. The molecule has 2 fully saturated rings. The number of amides is 1. The Hall–Kier alpha value is -3.19. The normalized spacial score (nSPS) is 17.8. The van der Waals surface area contributed by atoms with E-state index in [1.807, 2.05) is 19.9 Å². The highest BCUT2D eigenvalue weighted by atomic mass is 32.1. The molecule has 2 saturated heterocycles. The van der Waals surface area contributed by atoms with Crippen molar-refractivity contribution >= 4 is 39.6 Å². The van der Waals surface area contributed by atoms with Gasteiger partial charge in [-0.15, -0.1) is 11.3 Å². The van der Waals surface area contributed by atoms with Crippen LogP contribution in [0.1, 0.15) is 18.7 Å². The van der Waals surface area contributed by atoms with E-state index in [0.29, 0.717) is 24.7 Å². The number of fused-ring (bicyclic) bond motifs is 1. The molecule has 1 amide bonds. The number of hydrogen-bond acceptors (Lipinski definition) is 10. The maximum Gasteiger partial charge on any atom is 0.237 e. The number of nitrogens with one attached hydrogen (secondary N) is 2. The van der Waals surface area contributed by atoms with Gasteiger partial charge in [-0.05, 0) is 32.0 Å². The van der Waals surface area contributed by atoms with Crippen LogP contribution in [0.25, 0.3) is 21.7 Å². The molecule has 11 nitrogen and oxygen atoms in total. The van der Waals surface area contributed by atoms with Crippen LogP contribution in [0, 0.1) is 10.8 Å². The number of hydrogen-bond donors (Lipinski definition) is 3. The highest BCUT2D eigenvalue weighted by Gasteiger charge is 2.34. The third kappa shape index (κ3) is 5.01. The molecule has 0 spiro atoms. The average molecular weight is 524 g/mol. The van der Waals surface area contributed by atoms with Crippen molar-refractivity contribution < 1.29 is 9.53 Å². The van der Waals surface area contributed by atoms with E-state index in [-0.39, 0.29) is 11.4 Å². The van der Waals surface area contributed by atoms with Gasteiger partial charge in [0.2, 0.25) is 5.91 Å². The monoisotopic (exact) mass is 523 g/mol. The van der Waals surface area contributed by atoms with E-state index in [0.717, 1.165) is 68.2 Å². The van der Waals surface area contributed by atoms with Crippen molar-refractivity contribution in [3.05, 3.63) is 34.6 Å². The molecule has 0 saturated carbocycles. The molecule has 0 bridgehead atoms. The third-order valence-electron chi connectivity index (χ3n) is 7.25. The zero-order chi connectivity index (χ0) is 26.2. The zero-order valence-corrected chi connectivity index (χ0v) is 22.1. The maximum atomic E-state index is 11.9. The van der Waals surface area contributed by atoms with Crippen molar-refractivity contribution in [2.24, 2.45) is 5.73 Å². The van der Waals surface area contributed by atoms with E-state index in [1.54, 1.807) is 23.5 Å². The molecule has 2 aliphatic rings. The molecule has 12 heteroatoms. The number of pyridine rings is 1. The van der Waals surface area contributed by atoms with Crippen molar-refractivity contribution in [3.8, 4) is 11.5 Å². The Morgan fingerprint density at radius 2 is 1.89 bits per heavy atom. The summed E-state index contributed by atoms with van der Waals surface area (Å²) in [5, 5.41) is 16.0. The van der Waals surface area contributed by atoms with E-state index in [4.69, 9.17) is 31.3 Å². The first-order valence-corrected chi connectivity index (χ1v) is 13.3. The summed E-state index contributed by atoms with van der Waals surface area (Å²) in [6, 6.07) is 7.41. The van der Waals surface area contributed by atoms with Gasteiger partial charge >= 0.3 is 0 Å². The van der Waals surface area contributed by atoms with Crippen LogP contribution >= 0.6 is 11.3 Å². The lowest BCUT2D eigenvalue weighted by Crippen LogP contribution is -2.59. The number of nitrogens with two attached hydrogens (primary N) is 1. The number of nitrogens with zero attached hydrogens (tertiary/aromatic N) is 6. The summed E-state index contributed by atoms with van der Waals surface area (Å²) in [5.74, 6) is 1.08. The van der Waals surface area contributed by atoms with Crippen LogP contribution in [0.5, 0.6) is 0 Å². The molecule has 5 heterocycles. The zero-order valence-electron chi connectivity index (χ0n) is 21.2. The van der Waals surface area contributed by atoms with E-state index >= 15 is 0 Å². The number of morpholine rings is 1. The minimum absolute atomic E-state index is 0.203. The Morgan fingerprint density at radius 3 is 2.57 bits per heavy atom. The lowest BCUT2D eigenvalue weighted by molar-refractivity contribution is -0.129. The summed E-state index contributed by atoms with van der Waals surface area (Å²) in [6.07, 6.45) is 1.12. The predicted molar refractivity (Wildman–Crippen MR) is 144 cm³/mol. The number of ether oxygens (including phenoxy) is 1. The number of carbonyl (C=O) groups is 1. The summed E-state index contributed by atoms with van der Waals surface area (Å²) >= 11 is 1.71. The van der Waals surface area contributed by atoms with Crippen LogP contribution in [0.15, 0.2) is 24.3 Å². The van der Waals surface area contributed by atoms with Crippen molar-refractivity contribution in [2.75, 3.05) is 57.4 Å². The van der Waals surface area contributed by atoms with Crippen molar-refractivity contribution in [1.82, 2.24) is 24.3 Å². The highest BCUT2D eigenvalue weighted by molar-refractivity contribution is 7.19. The summed E-state index contributed by atoms with van der Waals surface area (Å²) in [5.41, 5.74) is 6.65. The van der Waals surface area contributed by atoms with Crippen molar-refractivity contribution in [3.63, 3.8) is 0 Å². The van der Waals surface area contributed by atoms with E-state index in [2.05, 4.69) is 20.8 Å². The van der Waals surface area contributed by atoms with Gasteiger partial charge in [0.25, 0.3) is 0 Å². The van der Waals surface area contributed by atoms with E-state index in [9.17, 15) is 4.79 Å². The number of thiophene rings is 1. The van der Waals surface area contributed by atoms with Gasteiger partial charge in [-0.3, -0.25) is 30.0 Å². The molecule has 37 heavy (non-hydrogen) atoms. The van der Waals surface area contributed by atoms with Crippen LogP contribution in [0.3, 0.4) is 0 Å². The fraction of sp³-hybridized carbons (Fsp3) is 0.480. The molecule has 2 aliphatic heterocycles. The number of rotatable bonds is 7. The lowest BCUT2D eigenvalue weighted by Gasteiger charge is -2.42. The van der Waals surface area contributed by atoms with E-state index < -0.39 is 5.54 Å². The Morgan fingerprint density at radius 1 is 1.16 bits per heavy atom. The Kier molecular flexibility index (Phi) is 7.08. The molecule has 0 unspecified atom stereocenters. The van der Waals surface area contributed by atoms with E-state index in [1.165, 1.54) is 9.44 Å². The van der Waals surface area contributed by atoms with Crippen LogP contribution in [-0.4, -0.2) is 94.6 Å². The molecule has 3 aromatic heterocycles. The quantitative estimate of drug-likeness (QED) is 0.313. The van der Waals surface area contributed by atoms with Gasteiger partial charge in [0, 0.05) is 50.7 Å². The SMILES string of the molecule is CC(C)(C(N)=O)N1CCN(Cc2cc3nc(-c4cccc(=N)n4C=N)nc(N4CCOCC4)c3s2)CC1. The molecule has 0 aromatic carbocycles. The van der Waals surface area contributed by atoms with Crippen LogP contribution in [-0.2, 0) is 16.1 Å². The number of aromatic nitrogens is 3. The van der Waals surface area contributed by atoms with Gasteiger partial charge in [-0.25, -0.2) is 9.97 Å². The fourth-order valence-corrected chi connectivity index (χ4v) is 5.98. The molecule has 0 radical (unpaired) electrons. The first kappa shape index (κ1) is 25.5. The minimum atomic E-state index is -0.646. The molecule has 0 aliphatic carbocycles. The van der Waals surface area contributed by atoms with Crippen LogP contribution in [0.4, 0.5) is 5.82 Å². The Labute approximate surface area is 219 Å². The van der Waals surface area contributed by atoms with Gasteiger partial charge in [0.05, 0.1) is 41.0 Å². The lowest BCUT2D eigenvalue weighted by atomic mass is 10.0. The smallest absolute Gasteiger partial charge is 0.237 e. The van der Waals surface area contributed by atoms with Gasteiger partial charge in [-0.2, -0.15) is 0 Å². The van der Waals surface area contributed by atoms with Gasteiger partial charge in [0.15, 0.2) is 11.6 Å². The van der Waals surface area contributed by atoms with Crippen molar-refractivity contribution in [1.29, 1.82) is 10.8 Å². The second-order valence-electron chi connectivity index (χ2n) is 9.88. The maximum absolute atomic E-state index is 11.9. The fourth-order valence-electron chi connectivity index (χ4n) is 4.83. The number of carbonyl (C=O) groups excluding carboxylic acids is 1. The Bertz CT molecular complexity index is 1370. The standard InChI is InChI=1S/C25H33N9O2S/c1-25(2,24(28)35)33-8-6-31(7-9-33)15-17-14-18-21(37-17)23(32-10-12-36-13-11-32)30-22(29-18)19-4-3-5-20(27)34(19)16-26/h3-5,14,16,26-27H,6-13,15H2,1-2H3,(H2,28,35). The molecule has 5 rings (SSSR count). The van der Waals surface area contributed by atoms with Gasteiger partial charge in [0.1, 0.15) is 5.49 Å². The first-order chi connectivity index (χ1) is 17.8. The number of piperazine rings is 1. The predicted octanol–water partition coefficient (Wildman–Crippen LogP) is 1.31. The summed E-state index contributed by atoms with van der Waals surface area (Å²) in [4.78, 5) is 29.7. The average Bonchev–Trinajstić information content (AvgIpc) is 3.31. The van der Waals surface area contributed by atoms with Crippen molar-refractivity contribution in [2.45, 2.75) is 25.9 Å². The molecular weight excluding hydrogens is 490 g/mol. The summed E-state index contributed by atoms with van der Waals surface area (Å²) in [6.45, 7) is 10.7. The largest absolute Gasteiger partial charge is 0.378 e. The molecule has 4 N–H and O–H groups in total.